The van der Waals surface area contributed by atoms with Gasteiger partial charge in [-0.2, -0.15) is 0 Å². The molecule has 0 saturated carbocycles. The van der Waals surface area contributed by atoms with Gasteiger partial charge in [0, 0.05) is 6.54 Å². The summed E-state index contributed by atoms with van der Waals surface area (Å²) in [6.45, 7) is 3.54. The summed E-state index contributed by atoms with van der Waals surface area (Å²) < 4.78 is 0. The highest BCUT2D eigenvalue weighted by Gasteiger charge is 2.31. The van der Waals surface area contributed by atoms with Gasteiger partial charge < -0.3 is 5.32 Å². The van der Waals surface area contributed by atoms with Gasteiger partial charge >= 0.3 is 0 Å². The molecule has 0 spiro atoms. The summed E-state index contributed by atoms with van der Waals surface area (Å²) >= 11 is 0. The largest absolute Gasteiger partial charge is 0.317 e. The highest BCUT2D eigenvalue weighted by Crippen LogP contribution is 2.45. The highest BCUT2D eigenvalue weighted by atomic mass is 15.1. The van der Waals surface area contributed by atoms with E-state index in [1.165, 1.54) is 54.7 Å². The molecule has 1 heterocycles. The molecule has 2 heteroatoms. The SMILES string of the molecule is CN(CC1CCNCC1)C1c2ccccc2-c2ccccc21. The molecule has 0 aromatic heterocycles. The van der Waals surface area contributed by atoms with Gasteiger partial charge in [-0.05, 0) is 61.2 Å². The quantitative estimate of drug-likeness (QED) is 0.928. The molecule has 2 nitrogen and oxygen atoms in total. The second kappa shape index (κ2) is 5.86. The second-order valence-corrected chi connectivity index (χ2v) is 6.71. The Morgan fingerprint density at radius 2 is 1.45 bits per heavy atom. The van der Waals surface area contributed by atoms with Crippen LogP contribution in [0.4, 0.5) is 0 Å². The minimum Gasteiger partial charge on any atom is -0.317 e. The lowest BCUT2D eigenvalue weighted by molar-refractivity contribution is 0.210. The lowest BCUT2D eigenvalue weighted by atomic mass is 9.95. The van der Waals surface area contributed by atoms with Crippen LogP contribution in [0.25, 0.3) is 11.1 Å². The zero-order chi connectivity index (χ0) is 14.9. The minimum atomic E-state index is 0.419. The maximum Gasteiger partial charge on any atom is 0.0611 e. The second-order valence-electron chi connectivity index (χ2n) is 6.71. The first kappa shape index (κ1) is 14.0. The van der Waals surface area contributed by atoms with Gasteiger partial charge in [-0.1, -0.05) is 48.5 Å². The van der Waals surface area contributed by atoms with Crippen LogP contribution >= 0.6 is 0 Å². The number of fused-ring (bicyclic) bond motifs is 3. The third kappa shape index (κ3) is 2.37. The van der Waals surface area contributed by atoms with Crippen LogP contribution in [0, 0.1) is 5.92 Å². The van der Waals surface area contributed by atoms with Crippen molar-refractivity contribution in [2.24, 2.45) is 5.92 Å². The van der Waals surface area contributed by atoms with E-state index in [0.717, 1.165) is 5.92 Å². The van der Waals surface area contributed by atoms with E-state index < -0.39 is 0 Å². The Bertz CT molecular complexity index is 613. The van der Waals surface area contributed by atoms with Gasteiger partial charge in [0.2, 0.25) is 0 Å². The fraction of sp³-hybridized carbons (Fsp3) is 0.400. The predicted octanol–water partition coefficient (Wildman–Crippen LogP) is 3.69. The Labute approximate surface area is 133 Å². The van der Waals surface area contributed by atoms with E-state index in [-0.39, 0.29) is 0 Å². The molecule has 1 fully saturated rings. The summed E-state index contributed by atoms with van der Waals surface area (Å²) in [6, 6.07) is 18.2. The van der Waals surface area contributed by atoms with Gasteiger partial charge in [0.25, 0.3) is 0 Å². The van der Waals surface area contributed by atoms with Crippen molar-refractivity contribution >= 4 is 0 Å². The number of nitrogens with one attached hydrogen (secondary N) is 1. The molecule has 2 aromatic carbocycles. The van der Waals surface area contributed by atoms with Crippen LogP contribution in [0.15, 0.2) is 48.5 Å². The molecular weight excluding hydrogens is 268 g/mol. The van der Waals surface area contributed by atoms with Crippen LogP contribution < -0.4 is 5.32 Å². The van der Waals surface area contributed by atoms with Crippen molar-refractivity contribution in [2.75, 3.05) is 26.7 Å². The number of piperidine rings is 1. The molecule has 2 aromatic rings. The van der Waals surface area contributed by atoms with E-state index in [0.29, 0.717) is 6.04 Å². The summed E-state index contributed by atoms with van der Waals surface area (Å²) in [4.78, 5) is 2.57. The molecule has 0 radical (unpaired) electrons. The normalized spacial score (nSPS) is 18.5. The van der Waals surface area contributed by atoms with Gasteiger partial charge in [-0.25, -0.2) is 0 Å². The van der Waals surface area contributed by atoms with Gasteiger partial charge in [0.05, 0.1) is 6.04 Å². The third-order valence-electron chi connectivity index (χ3n) is 5.25. The third-order valence-corrected chi connectivity index (χ3v) is 5.25. The van der Waals surface area contributed by atoms with Crippen molar-refractivity contribution in [1.82, 2.24) is 10.2 Å². The Morgan fingerprint density at radius 3 is 2.05 bits per heavy atom. The number of nitrogens with zero attached hydrogens (tertiary/aromatic N) is 1. The van der Waals surface area contributed by atoms with E-state index in [4.69, 9.17) is 0 Å². The van der Waals surface area contributed by atoms with Gasteiger partial charge in [0.1, 0.15) is 0 Å². The average Bonchev–Trinajstić information content (AvgIpc) is 2.90. The fourth-order valence-electron chi connectivity index (χ4n) is 4.18. The monoisotopic (exact) mass is 292 g/mol. The molecule has 1 N–H and O–H groups in total. The molecule has 114 valence electrons. The van der Waals surface area contributed by atoms with Crippen molar-refractivity contribution in [3.8, 4) is 11.1 Å². The zero-order valence-corrected chi connectivity index (χ0v) is 13.3. The van der Waals surface area contributed by atoms with Crippen molar-refractivity contribution < 1.29 is 0 Å². The van der Waals surface area contributed by atoms with Gasteiger partial charge in [-0.15, -0.1) is 0 Å². The van der Waals surface area contributed by atoms with Crippen LogP contribution in [-0.2, 0) is 0 Å². The maximum atomic E-state index is 3.47. The summed E-state index contributed by atoms with van der Waals surface area (Å²) in [5.41, 5.74) is 5.78. The Balaban J connectivity index is 1.65. The van der Waals surface area contributed by atoms with Crippen LogP contribution in [-0.4, -0.2) is 31.6 Å². The van der Waals surface area contributed by atoms with Gasteiger partial charge in [0.15, 0.2) is 0 Å². The highest BCUT2D eigenvalue weighted by molar-refractivity contribution is 5.78. The molecule has 2 aliphatic rings. The van der Waals surface area contributed by atoms with Crippen molar-refractivity contribution in [3.05, 3.63) is 59.7 Å². The van der Waals surface area contributed by atoms with Crippen LogP contribution in [0.2, 0.25) is 0 Å². The van der Waals surface area contributed by atoms with E-state index in [1.54, 1.807) is 0 Å². The number of hydrogen-bond acceptors (Lipinski definition) is 2. The molecule has 1 saturated heterocycles. The topological polar surface area (TPSA) is 15.3 Å². The van der Waals surface area contributed by atoms with Crippen molar-refractivity contribution in [2.45, 2.75) is 18.9 Å². The maximum absolute atomic E-state index is 3.47. The molecule has 4 rings (SSSR count). The number of benzene rings is 2. The smallest absolute Gasteiger partial charge is 0.0611 e. The fourth-order valence-corrected chi connectivity index (χ4v) is 4.18. The van der Waals surface area contributed by atoms with Gasteiger partial charge in [-0.3, -0.25) is 4.90 Å². The number of hydrogen-bond donors (Lipinski definition) is 1. The lowest BCUT2D eigenvalue weighted by Gasteiger charge is -2.32. The first-order valence-electron chi connectivity index (χ1n) is 8.44. The molecule has 22 heavy (non-hydrogen) atoms. The van der Waals surface area contributed by atoms with Crippen molar-refractivity contribution in [1.29, 1.82) is 0 Å². The zero-order valence-electron chi connectivity index (χ0n) is 13.3. The summed E-state index contributed by atoms with van der Waals surface area (Å²) in [7, 11) is 2.30. The Kier molecular flexibility index (Phi) is 3.73. The first-order chi connectivity index (χ1) is 10.8. The van der Waals surface area contributed by atoms with Crippen LogP contribution in [0.1, 0.15) is 30.0 Å². The van der Waals surface area contributed by atoms with E-state index in [1.807, 2.05) is 0 Å². The molecule has 0 bridgehead atoms. The number of rotatable bonds is 3. The molecular formula is C20H24N2. The molecule has 0 unspecified atom stereocenters. The van der Waals surface area contributed by atoms with E-state index in [2.05, 4.69) is 65.8 Å². The standard InChI is InChI=1S/C20H24N2/c1-22(14-15-10-12-21-13-11-15)20-18-8-4-2-6-16(18)17-7-3-5-9-19(17)20/h2-9,15,20-21H,10-14H2,1H3. The average molecular weight is 292 g/mol. The van der Waals surface area contributed by atoms with Crippen LogP contribution in [0.5, 0.6) is 0 Å². The Hall–Kier alpha value is -1.64. The lowest BCUT2D eigenvalue weighted by Crippen LogP contribution is -2.36. The van der Waals surface area contributed by atoms with Crippen molar-refractivity contribution in [3.63, 3.8) is 0 Å². The molecule has 0 amide bonds. The minimum absolute atomic E-state index is 0.419. The van der Waals surface area contributed by atoms with Crippen LogP contribution in [0.3, 0.4) is 0 Å². The Morgan fingerprint density at radius 1 is 0.909 bits per heavy atom. The summed E-state index contributed by atoms with van der Waals surface area (Å²) in [6.07, 6.45) is 2.61. The van der Waals surface area contributed by atoms with E-state index >= 15 is 0 Å². The molecule has 0 atom stereocenters. The molecule has 1 aliphatic heterocycles. The molecule has 1 aliphatic carbocycles. The first-order valence-corrected chi connectivity index (χ1v) is 8.44. The summed E-state index contributed by atoms with van der Waals surface area (Å²) in [5.74, 6) is 0.825. The predicted molar refractivity (Wildman–Crippen MR) is 91.9 cm³/mol. The summed E-state index contributed by atoms with van der Waals surface area (Å²) in [5, 5.41) is 3.47. The van der Waals surface area contributed by atoms with E-state index in [9.17, 15) is 0 Å².